The predicted octanol–water partition coefficient (Wildman–Crippen LogP) is 4.20. The Morgan fingerprint density at radius 2 is 1.81 bits per heavy atom. The molecule has 10 heteroatoms. The number of likely N-dealkylation sites (tertiary alicyclic amines) is 1. The minimum Gasteiger partial charge on any atom is -0.493 e. The molecular formula is C27H42N2O8. The standard InChI is InChI=1S/C27H42N2O8/c1-18(2)29(25(32)19-9-12-22(35-7)23(15-19)36-14-8-13-34-6)21-11-10-20(16-24(30)31)28(17-21)26(33)37-27(3,4)5/h9,12,15,18,20-21H,8,10-11,13-14,16-17H2,1-7H3,(H,30,31)/t20-,21+/m0/s1. The number of nitrogens with zero attached hydrogens (tertiary/aromatic N) is 2. The summed E-state index contributed by atoms with van der Waals surface area (Å²) in [5.41, 5.74) is -0.290. The van der Waals surface area contributed by atoms with Crippen LogP contribution in [0.5, 0.6) is 11.5 Å². The van der Waals surface area contributed by atoms with Gasteiger partial charge in [-0.3, -0.25) is 9.59 Å². The molecule has 37 heavy (non-hydrogen) atoms. The van der Waals surface area contributed by atoms with Crippen molar-refractivity contribution in [3.63, 3.8) is 0 Å². The van der Waals surface area contributed by atoms with Gasteiger partial charge < -0.3 is 33.9 Å². The smallest absolute Gasteiger partial charge is 0.410 e. The monoisotopic (exact) mass is 522 g/mol. The number of ether oxygens (including phenoxy) is 4. The number of carboxylic acid groups (broad SMARTS) is 1. The second-order valence-corrected chi connectivity index (χ2v) is 10.5. The number of rotatable bonds is 11. The first kappa shape index (κ1) is 30.2. The van der Waals surface area contributed by atoms with Crippen LogP contribution in [0.15, 0.2) is 18.2 Å². The van der Waals surface area contributed by atoms with Gasteiger partial charge in [-0.15, -0.1) is 0 Å². The van der Waals surface area contributed by atoms with E-state index in [2.05, 4.69) is 0 Å². The first-order valence-electron chi connectivity index (χ1n) is 12.7. The van der Waals surface area contributed by atoms with Crippen molar-refractivity contribution >= 4 is 18.0 Å². The van der Waals surface area contributed by atoms with Crippen LogP contribution >= 0.6 is 0 Å². The van der Waals surface area contributed by atoms with Crippen molar-refractivity contribution in [2.45, 2.75) is 84.0 Å². The Kier molecular flexibility index (Phi) is 11.0. The molecule has 0 bridgehead atoms. The SMILES string of the molecule is COCCCOc1cc(C(=O)N(C(C)C)[C@@H]2CC[C@@H](CC(=O)O)N(C(=O)OC(C)(C)C)C2)ccc1OC. The largest absolute Gasteiger partial charge is 0.493 e. The molecule has 2 rings (SSSR count). The van der Waals surface area contributed by atoms with Gasteiger partial charge in [0, 0.05) is 44.3 Å². The van der Waals surface area contributed by atoms with Crippen molar-refractivity contribution in [2.24, 2.45) is 0 Å². The highest BCUT2D eigenvalue weighted by molar-refractivity contribution is 5.95. The zero-order valence-corrected chi connectivity index (χ0v) is 23.1. The minimum absolute atomic E-state index is 0.165. The number of piperidine rings is 1. The third-order valence-corrected chi connectivity index (χ3v) is 6.06. The van der Waals surface area contributed by atoms with Gasteiger partial charge in [0.1, 0.15) is 5.60 Å². The van der Waals surface area contributed by atoms with Crippen LogP contribution in [-0.4, -0.2) is 90.6 Å². The highest BCUT2D eigenvalue weighted by Gasteiger charge is 2.39. The van der Waals surface area contributed by atoms with Gasteiger partial charge in [-0.1, -0.05) is 0 Å². The molecule has 2 amide bonds. The molecule has 1 aromatic carbocycles. The van der Waals surface area contributed by atoms with Crippen LogP contribution in [0, 0.1) is 0 Å². The molecule has 10 nitrogen and oxygen atoms in total. The molecule has 0 spiro atoms. The summed E-state index contributed by atoms with van der Waals surface area (Å²) in [6.07, 6.45) is 0.955. The van der Waals surface area contributed by atoms with E-state index in [-0.39, 0.29) is 31.0 Å². The molecule has 1 saturated heterocycles. The van der Waals surface area contributed by atoms with Gasteiger partial charge in [-0.2, -0.15) is 0 Å². The molecule has 0 radical (unpaired) electrons. The summed E-state index contributed by atoms with van der Waals surface area (Å²) in [4.78, 5) is 41.5. The van der Waals surface area contributed by atoms with Crippen molar-refractivity contribution in [2.75, 3.05) is 34.0 Å². The van der Waals surface area contributed by atoms with E-state index in [9.17, 15) is 19.5 Å². The highest BCUT2D eigenvalue weighted by Crippen LogP contribution is 2.31. The van der Waals surface area contributed by atoms with Gasteiger partial charge in [0.15, 0.2) is 11.5 Å². The van der Waals surface area contributed by atoms with E-state index in [0.717, 1.165) is 0 Å². The van der Waals surface area contributed by atoms with Crippen LogP contribution in [0.2, 0.25) is 0 Å². The van der Waals surface area contributed by atoms with Crippen LogP contribution in [0.25, 0.3) is 0 Å². The first-order valence-corrected chi connectivity index (χ1v) is 12.7. The molecule has 1 N–H and O–H groups in total. The predicted molar refractivity (Wildman–Crippen MR) is 138 cm³/mol. The van der Waals surface area contributed by atoms with E-state index in [1.165, 1.54) is 4.90 Å². The van der Waals surface area contributed by atoms with E-state index >= 15 is 0 Å². The van der Waals surface area contributed by atoms with Crippen molar-refractivity contribution in [3.8, 4) is 11.5 Å². The second-order valence-electron chi connectivity index (χ2n) is 10.5. The number of methoxy groups -OCH3 is 2. The first-order chi connectivity index (χ1) is 17.4. The van der Waals surface area contributed by atoms with E-state index in [1.54, 1.807) is 58.1 Å². The lowest BCUT2D eigenvalue weighted by Gasteiger charge is -2.45. The Hall–Kier alpha value is -3.01. The number of carbonyl (C=O) groups excluding carboxylic acids is 2. The molecule has 208 valence electrons. The summed E-state index contributed by atoms with van der Waals surface area (Å²) in [5.74, 6) is -0.195. The normalized spacial score (nSPS) is 17.9. The fraction of sp³-hybridized carbons (Fsp3) is 0.667. The third-order valence-electron chi connectivity index (χ3n) is 6.06. The highest BCUT2D eigenvalue weighted by atomic mass is 16.6. The zero-order chi connectivity index (χ0) is 27.8. The van der Waals surface area contributed by atoms with E-state index in [4.69, 9.17) is 18.9 Å². The number of hydrogen-bond donors (Lipinski definition) is 1. The number of carbonyl (C=O) groups is 3. The summed E-state index contributed by atoms with van der Waals surface area (Å²) in [6.45, 7) is 10.3. The van der Waals surface area contributed by atoms with Crippen molar-refractivity contribution in [1.82, 2.24) is 9.80 Å². The Morgan fingerprint density at radius 1 is 1.11 bits per heavy atom. The number of hydrogen-bond acceptors (Lipinski definition) is 7. The lowest BCUT2D eigenvalue weighted by atomic mass is 9.94. The van der Waals surface area contributed by atoms with Gasteiger partial charge in [0.2, 0.25) is 0 Å². The maximum atomic E-state index is 13.8. The van der Waals surface area contributed by atoms with Crippen molar-refractivity contribution in [3.05, 3.63) is 23.8 Å². The Labute approximate surface area is 219 Å². The number of aliphatic carboxylic acids is 1. The quantitative estimate of drug-likeness (QED) is 0.430. The summed E-state index contributed by atoms with van der Waals surface area (Å²) in [5, 5.41) is 9.39. The molecule has 1 heterocycles. The molecule has 1 aromatic rings. The fourth-order valence-corrected chi connectivity index (χ4v) is 4.47. The van der Waals surface area contributed by atoms with Crippen LogP contribution in [0.3, 0.4) is 0 Å². The molecular weight excluding hydrogens is 480 g/mol. The van der Waals surface area contributed by atoms with Gasteiger partial charge in [-0.05, 0) is 65.7 Å². The topological polar surface area (TPSA) is 115 Å². The molecule has 0 unspecified atom stereocenters. The average molecular weight is 523 g/mol. The third kappa shape index (κ3) is 8.80. The molecule has 1 aliphatic heterocycles. The average Bonchev–Trinajstić information content (AvgIpc) is 2.81. The van der Waals surface area contributed by atoms with Crippen LogP contribution < -0.4 is 9.47 Å². The van der Waals surface area contributed by atoms with Gasteiger partial charge >= 0.3 is 12.1 Å². The molecule has 2 atom stereocenters. The van der Waals surface area contributed by atoms with Gasteiger partial charge in [-0.25, -0.2) is 4.79 Å². The summed E-state index contributed by atoms with van der Waals surface area (Å²) in [7, 11) is 3.17. The number of amides is 2. The number of carboxylic acids is 1. The Balaban J connectivity index is 2.30. The summed E-state index contributed by atoms with van der Waals surface area (Å²) >= 11 is 0. The van der Waals surface area contributed by atoms with Gasteiger partial charge in [0.25, 0.3) is 5.91 Å². The van der Waals surface area contributed by atoms with Gasteiger partial charge in [0.05, 0.1) is 26.2 Å². The lowest BCUT2D eigenvalue weighted by Crippen LogP contribution is -2.57. The lowest BCUT2D eigenvalue weighted by molar-refractivity contribution is -0.138. The van der Waals surface area contributed by atoms with Crippen LogP contribution in [0.4, 0.5) is 4.79 Å². The zero-order valence-electron chi connectivity index (χ0n) is 23.1. The molecule has 1 fully saturated rings. The Morgan fingerprint density at radius 3 is 2.38 bits per heavy atom. The maximum absolute atomic E-state index is 13.8. The molecule has 0 aliphatic carbocycles. The van der Waals surface area contributed by atoms with E-state index < -0.39 is 23.7 Å². The molecule has 0 saturated carbocycles. The molecule has 1 aliphatic rings. The fourth-order valence-electron chi connectivity index (χ4n) is 4.47. The van der Waals surface area contributed by atoms with Crippen LogP contribution in [-0.2, 0) is 14.3 Å². The van der Waals surface area contributed by atoms with Crippen molar-refractivity contribution in [1.29, 1.82) is 0 Å². The maximum Gasteiger partial charge on any atom is 0.410 e. The van der Waals surface area contributed by atoms with E-state index in [1.807, 2.05) is 13.8 Å². The summed E-state index contributed by atoms with van der Waals surface area (Å²) in [6, 6.07) is 4.10. The Bertz CT molecular complexity index is 927. The number of benzene rings is 1. The molecule has 0 aromatic heterocycles. The summed E-state index contributed by atoms with van der Waals surface area (Å²) < 4.78 is 21.9. The van der Waals surface area contributed by atoms with Crippen molar-refractivity contribution < 1.29 is 38.4 Å². The van der Waals surface area contributed by atoms with Crippen LogP contribution in [0.1, 0.15) is 70.7 Å². The second kappa shape index (κ2) is 13.5. The minimum atomic E-state index is -0.981. The van der Waals surface area contributed by atoms with E-state index in [0.29, 0.717) is 49.5 Å².